The van der Waals surface area contributed by atoms with E-state index in [0.29, 0.717) is 6.54 Å². The summed E-state index contributed by atoms with van der Waals surface area (Å²) in [7, 11) is 0. The summed E-state index contributed by atoms with van der Waals surface area (Å²) in [6, 6.07) is 9.99. The first kappa shape index (κ1) is 14.2. The maximum atomic E-state index is 12.1. The number of carbonyl (C=O) groups is 1. The van der Waals surface area contributed by atoms with Crippen LogP contribution >= 0.6 is 11.3 Å². The molecule has 110 valence electrons. The topological polar surface area (TPSA) is 54.9 Å². The molecular formula is C16H19N3OS. The van der Waals surface area contributed by atoms with Gasteiger partial charge in [-0.2, -0.15) is 0 Å². The third-order valence-electron chi connectivity index (χ3n) is 3.88. The molecule has 1 fully saturated rings. The van der Waals surface area contributed by atoms with E-state index in [1.54, 1.807) is 0 Å². The Balaban J connectivity index is 1.56. The smallest absolute Gasteiger partial charge is 0.223 e. The molecule has 0 spiro atoms. The van der Waals surface area contributed by atoms with Gasteiger partial charge < -0.3 is 5.32 Å². The maximum absolute atomic E-state index is 12.1. The molecule has 1 N–H and O–H groups in total. The summed E-state index contributed by atoms with van der Waals surface area (Å²) >= 11 is 1.54. The molecule has 0 unspecified atom stereocenters. The number of hydrogen-bond acceptors (Lipinski definition) is 4. The summed E-state index contributed by atoms with van der Waals surface area (Å²) < 4.78 is 0. The van der Waals surface area contributed by atoms with Crippen LogP contribution in [0.2, 0.25) is 0 Å². The van der Waals surface area contributed by atoms with Gasteiger partial charge in [0.15, 0.2) is 0 Å². The average molecular weight is 301 g/mol. The molecule has 1 aromatic carbocycles. The molecule has 5 heteroatoms. The second-order valence-electron chi connectivity index (χ2n) is 5.42. The number of benzene rings is 1. The van der Waals surface area contributed by atoms with Gasteiger partial charge in [-0.15, -0.1) is 10.2 Å². The molecule has 4 nitrogen and oxygen atoms in total. The monoisotopic (exact) mass is 301 g/mol. The van der Waals surface area contributed by atoms with Crippen LogP contribution in [0.25, 0.3) is 10.6 Å². The van der Waals surface area contributed by atoms with Crippen molar-refractivity contribution in [2.24, 2.45) is 5.92 Å². The molecule has 1 heterocycles. The summed E-state index contributed by atoms with van der Waals surface area (Å²) in [4.78, 5) is 12.1. The maximum Gasteiger partial charge on any atom is 0.223 e. The van der Waals surface area contributed by atoms with Crippen molar-refractivity contribution in [3.05, 3.63) is 35.3 Å². The van der Waals surface area contributed by atoms with E-state index in [2.05, 4.69) is 15.5 Å². The number of carbonyl (C=O) groups excluding carboxylic acids is 1. The van der Waals surface area contributed by atoms with Crippen LogP contribution in [0.1, 0.15) is 37.1 Å². The van der Waals surface area contributed by atoms with Crippen molar-refractivity contribution >= 4 is 17.2 Å². The highest BCUT2D eigenvalue weighted by molar-refractivity contribution is 7.14. The first-order valence-electron chi connectivity index (χ1n) is 7.48. The van der Waals surface area contributed by atoms with E-state index in [9.17, 15) is 4.79 Å². The lowest BCUT2D eigenvalue weighted by molar-refractivity contribution is -0.126. The van der Waals surface area contributed by atoms with E-state index in [4.69, 9.17) is 0 Å². The third-order valence-corrected chi connectivity index (χ3v) is 4.85. The minimum absolute atomic E-state index is 0.172. The van der Waals surface area contributed by atoms with Gasteiger partial charge >= 0.3 is 0 Å². The minimum atomic E-state index is 0.172. The molecule has 2 aromatic rings. The van der Waals surface area contributed by atoms with Crippen molar-refractivity contribution in [2.45, 2.75) is 38.6 Å². The number of aromatic nitrogens is 2. The summed E-state index contributed by atoms with van der Waals surface area (Å²) in [6.07, 6.45) is 5.67. The molecule has 0 aliphatic heterocycles. The zero-order valence-corrected chi connectivity index (χ0v) is 12.7. The van der Waals surface area contributed by atoms with Gasteiger partial charge in [0.25, 0.3) is 0 Å². The van der Waals surface area contributed by atoms with Gasteiger partial charge in [-0.3, -0.25) is 4.79 Å². The van der Waals surface area contributed by atoms with Crippen LogP contribution in [0.5, 0.6) is 0 Å². The molecule has 21 heavy (non-hydrogen) atoms. The number of nitrogens with zero attached hydrogens (tertiary/aromatic N) is 2. The van der Waals surface area contributed by atoms with E-state index >= 15 is 0 Å². The lowest BCUT2D eigenvalue weighted by atomic mass is 9.89. The zero-order valence-electron chi connectivity index (χ0n) is 11.9. The lowest BCUT2D eigenvalue weighted by Crippen LogP contribution is -2.31. The third kappa shape index (κ3) is 3.67. The van der Waals surface area contributed by atoms with Crippen molar-refractivity contribution in [2.75, 3.05) is 0 Å². The van der Waals surface area contributed by atoms with Crippen molar-refractivity contribution in [1.82, 2.24) is 15.5 Å². The number of hydrogen-bond donors (Lipinski definition) is 1. The van der Waals surface area contributed by atoms with Gasteiger partial charge in [0.1, 0.15) is 10.0 Å². The van der Waals surface area contributed by atoms with Crippen LogP contribution in [0.4, 0.5) is 0 Å². The van der Waals surface area contributed by atoms with E-state index in [0.717, 1.165) is 28.4 Å². The second-order valence-corrected chi connectivity index (χ2v) is 6.48. The Morgan fingerprint density at radius 2 is 1.90 bits per heavy atom. The van der Waals surface area contributed by atoms with Gasteiger partial charge in [-0.05, 0) is 12.8 Å². The molecular weight excluding hydrogens is 282 g/mol. The molecule has 0 saturated heterocycles. The Hall–Kier alpha value is -1.75. The Morgan fingerprint density at radius 1 is 1.14 bits per heavy atom. The SMILES string of the molecule is O=C(NCc1nnc(-c2ccccc2)s1)C1CCCCC1. The highest BCUT2D eigenvalue weighted by atomic mass is 32.1. The Kier molecular flexibility index (Phi) is 4.60. The minimum Gasteiger partial charge on any atom is -0.349 e. The largest absolute Gasteiger partial charge is 0.349 e. The highest BCUT2D eigenvalue weighted by Crippen LogP contribution is 2.25. The van der Waals surface area contributed by atoms with Crippen LogP contribution in [-0.4, -0.2) is 16.1 Å². The van der Waals surface area contributed by atoms with Gasteiger partial charge in [0.2, 0.25) is 5.91 Å². The number of nitrogens with one attached hydrogen (secondary N) is 1. The van der Waals surface area contributed by atoms with Gasteiger partial charge in [-0.1, -0.05) is 60.9 Å². The number of amides is 1. The highest BCUT2D eigenvalue weighted by Gasteiger charge is 2.21. The molecule has 1 aromatic heterocycles. The van der Waals surface area contributed by atoms with Crippen LogP contribution < -0.4 is 5.32 Å². The standard InChI is InChI=1S/C16H19N3OS/c20-15(12-7-3-1-4-8-12)17-11-14-18-19-16(21-14)13-9-5-2-6-10-13/h2,5-6,9-10,12H,1,3-4,7-8,11H2,(H,17,20). The average Bonchev–Trinajstić information content (AvgIpc) is 3.03. The normalized spacial score (nSPS) is 15.8. The van der Waals surface area contributed by atoms with Crippen LogP contribution in [0, 0.1) is 5.92 Å². The molecule has 0 bridgehead atoms. The summed E-state index contributed by atoms with van der Waals surface area (Å²) in [5, 5.41) is 13.1. The van der Waals surface area contributed by atoms with E-state index < -0.39 is 0 Å². The van der Waals surface area contributed by atoms with Crippen LogP contribution in [0.3, 0.4) is 0 Å². The number of rotatable bonds is 4. The van der Waals surface area contributed by atoms with Gasteiger partial charge in [0, 0.05) is 11.5 Å². The second kappa shape index (κ2) is 6.80. The fourth-order valence-corrected chi connectivity index (χ4v) is 3.48. The summed E-state index contributed by atoms with van der Waals surface area (Å²) in [5.74, 6) is 0.367. The van der Waals surface area contributed by atoms with Gasteiger partial charge in [-0.25, -0.2) is 0 Å². The first-order valence-corrected chi connectivity index (χ1v) is 8.30. The van der Waals surface area contributed by atoms with Crippen molar-refractivity contribution < 1.29 is 4.79 Å². The predicted molar refractivity (Wildman–Crippen MR) is 83.8 cm³/mol. The van der Waals surface area contributed by atoms with Crippen molar-refractivity contribution in [3.63, 3.8) is 0 Å². The lowest BCUT2D eigenvalue weighted by Gasteiger charge is -2.20. The first-order chi connectivity index (χ1) is 10.3. The predicted octanol–water partition coefficient (Wildman–Crippen LogP) is 3.40. The Morgan fingerprint density at radius 3 is 2.67 bits per heavy atom. The molecule has 0 radical (unpaired) electrons. The van der Waals surface area contributed by atoms with Gasteiger partial charge in [0.05, 0.1) is 6.54 Å². The van der Waals surface area contributed by atoms with E-state index in [-0.39, 0.29) is 11.8 Å². The fraction of sp³-hybridized carbons (Fsp3) is 0.438. The van der Waals surface area contributed by atoms with Crippen LogP contribution in [-0.2, 0) is 11.3 Å². The Labute approximate surface area is 128 Å². The van der Waals surface area contributed by atoms with Crippen LogP contribution in [0.15, 0.2) is 30.3 Å². The summed E-state index contributed by atoms with van der Waals surface area (Å²) in [6.45, 7) is 0.486. The van der Waals surface area contributed by atoms with Crippen molar-refractivity contribution in [1.29, 1.82) is 0 Å². The fourth-order valence-electron chi connectivity index (χ4n) is 2.69. The summed E-state index contributed by atoms with van der Waals surface area (Å²) in [5.41, 5.74) is 1.07. The quantitative estimate of drug-likeness (QED) is 0.941. The molecule has 3 rings (SSSR count). The van der Waals surface area contributed by atoms with Crippen molar-refractivity contribution in [3.8, 4) is 10.6 Å². The Bertz CT molecular complexity index is 591. The molecule has 1 aliphatic rings. The molecule has 1 saturated carbocycles. The van der Waals surface area contributed by atoms with E-state index in [1.807, 2.05) is 30.3 Å². The molecule has 1 aliphatic carbocycles. The van der Waals surface area contributed by atoms with E-state index in [1.165, 1.54) is 30.6 Å². The zero-order chi connectivity index (χ0) is 14.5. The molecule has 0 atom stereocenters. The molecule has 1 amide bonds.